The van der Waals surface area contributed by atoms with Crippen LogP contribution in [0, 0.1) is 0 Å². The molecule has 8 aromatic carbocycles. The van der Waals surface area contributed by atoms with Crippen LogP contribution in [0.15, 0.2) is 186 Å². The van der Waals surface area contributed by atoms with Crippen molar-refractivity contribution in [1.82, 2.24) is 4.57 Å². The highest BCUT2D eigenvalue weighted by atomic mass is 16.3. The number of aromatic nitrogens is 1. The number of anilines is 3. The highest BCUT2D eigenvalue weighted by Gasteiger charge is 2.22. The maximum absolute atomic E-state index is 6.28. The molecule has 0 N–H and O–H groups in total. The van der Waals surface area contributed by atoms with Crippen molar-refractivity contribution in [2.45, 2.75) is 0 Å². The van der Waals surface area contributed by atoms with Gasteiger partial charge in [0, 0.05) is 49.4 Å². The molecule has 0 unspecified atom stereocenters. The standard InChI is InChI=1S/C46H30N2O/c1-3-14-31(15-4-1)32-16-13-19-34(28-32)47(35-26-27-45-40(29-35)38-22-10-12-25-44(38)49-45)43-30-41-37-21-9-11-24-42(37)48(33-17-5-2-6-18-33)46(41)39-23-8-7-20-36(39)43/h1-30H. The lowest BCUT2D eigenvalue weighted by molar-refractivity contribution is 0.669. The zero-order valence-corrected chi connectivity index (χ0v) is 26.6. The Hall–Kier alpha value is -6.58. The van der Waals surface area contributed by atoms with Gasteiger partial charge in [-0.25, -0.2) is 0 Å². The van der Waals surface area contributed by atoms with Gasteiger partial charge in [0.25, 0.3) is 0 Å². The molecule has 0 aliphatic heterocycles. The quantitative estimate of drug-likeness (QED) is 0.190. The fourth-order valence-electron chi connectivity index (χ4n) is 7.57. The number of fused-ring (bicyclic) bond motifs is 8. The molecule has 0 aliphatic carbocycles. The van der Waals surface area contributed by atoms with Gasteiger partial charge in [-0.15, -0.1) is 0 Å². The van der Waals surface area contributed by atoms with Crippen LogP contribution in [0.3, 0.4) is 0 Å². The van der Waals surface area contributed by atoms with Gasteiger partial charge in [-0.05, 0) is 71.8 Å². The van der Waals surface area contributed by atoms with Gasteiger partial charge in [0.2, 0.25) is 0 Å². The SMILES string of the molecule is c1ccc(-c2cccc(N(c3ccc4oc5ccccc5c4c3)c3cc4c5ccccc5n(-c5ccccc5)c4c4ccccc34)c2)cc1. The van der Waals surface area contributed by atoms with Crippen LogP contribution >= 0.6 is 0 Å². The first-order chi connectivity index (χ1) is 24.3. The summed E-state index contributed by atoms with van der Waals surface area (Å²) in [6, 6.07) is 65.1. The van der Waals surface area contributed by atoms with Gasteiger partial charge in [-0.1, -0.05) is 121 Å². The van der Waals surface area contributed by atoms with Gasteiger partial charge < -0.3 is 13.9 Å². The first kappa shape index (κ1) is 27.5. The Morgan fingerprint density at radius 2 is 1.02 bits per heavy atom. The molecule has 0 spiro atoms. The zero-order chi connectivity index (χ0) is 32.3. The maximum atomic E-state index is 6.28. The van der Waals surface area contributed by atoms with E-state index < -0.39 is 0 Å². The van der Waals surface area contributed by atoms with Crippen LogP contribution in [-0.2, 0) is 0 Å². The summed E-state index contributed by atoms with van der Waals surface area (Å²) in [6.07, 6.45) is 0. The first-order valence-corrected chi connectivity index (χ1v) is 16.7. The summed E-state index contributed by atoms with van der Waals surface area (Å²) < 4.78 is 8.69. The monoisotopic (exact) mass is 626 g/mol. The molecule has 0 fully saturated rings. The number of furan rings is 1. The lowest BCUT2D eigenvalue weighted by Crippen LogP contribution is -2.11. The highest BCUT2D eigenvalue weighted by molar-refractivity contribution is 6.22. The molecule has 0 saturated carbocycles. The van der Waals surface area contributed by atoms with Crippen LogP contribution in [0.25, 0.3) is 71.3 Å². The van der Waals surface area contributed by atoms with Crippen LogP contribution in [0.2, 0.25) is 0 Å². The molecule has 0 atom stereocenters. The molecule has 3 nitrogen and oxygen atoms in total. The Morgan fingerprint density at radius 1 is 0.388 bits per heavy atom. The van der Waals surface area contributed by atoms with Crippen molar-refractivity contribution in [3.63, 3.8) is 0 Å². The average Bonchev–Trinajstić information content (AvgIpc) is 3.72. The minimum Gasteiger partial charge on any atom is -0.456 e. The average molecular weight is 627 g/mol. The molecule has 0 aliphatic rings. The van der Waals surface area contributed by atoms with Gasteiger partial charge in [0.1, 0.15) is 11.2 Å². The van der Waals surface area contributed by atoms with Crippen LogP contribution in [0.1, 0.15) is 0 Å². The second-order valence-corrected chi connectivity index (χ2v) is 12.6. The minimum absolute atomic E-state index is 0.883. The number of nitrogens with zero attached hydrogens (tertiary/aromatic N) is 2. The molecule has 0 amide bonds. The molecule has 0 radical (unpaired) electrons. The fourth-order valence-corrected chi connectivity index (χ4v) is 7.57. The van der Waals surface area contributed by atoms with Crippen molar-refractivity contribution in [3.8, 4) is 16.8 Å². The molecule has 10 rings (SSSR count). The van der Waals surface area contributed by atoms with Gasteiger partial charge in [-0.3, -0.25) is 0 Å². The van der Waals surface area contributed by atoms with Gasteiger partial charge >= 0.3 is 0 Å². The van der Waals surface area contributed by atoms with Crippen molar-refractivity contribution in [1.29, 1.82) is 0 Å². The molecular formula is C46H30N2O. The van der Waals surface area contributed by atoms with Crippen molar-refractivity contribution in [2.75, 3.05) is 4.90 Å². The summed E-state index contributed by atoms with van der Waals surface area (Å²) in [4.78, 5) is 2.42. The summed E-state index contributed by atoms with van der Waals surface area (Å²) in [5, 5.41) is 7.04. The fraction of sp³-hybridized carbons (Fsp3) is 0. The Kier molecular flexibility index (Phi) is 6.18. The summed E-state index contributed by atoms with van der Waals surface area (Å²) in [5.41, 5.74) is 11.0. The smallest absolute Gasteiger partial charge is 0.135 e. The molecule has 0 bridgehead atoms. The van der Waals surface area contributed by atoms with Crippen LogP contribution in [-0.4, -0.2) is 4.57 Å². The van der Waals surface area contributed by atoms with Crippen molar-refractivity contribution >= 4 is 71.6 Å². The minimum atomic E-state index is 0.883. The van der Waals surface area contributed by atoms with Gasteiger partial charge in [0.05, 0.1) is 16.7 Å². The third kappa shape index (κ3) is 4.37. The summed E-state index contributed by atoms with van der Waals surface area (Å²) in [6.45, 7) is 0. The predicted octanol–water partition coefficient (Wildman–Crippen LogP) is 13.0. The van der Waals surface area contributed by atoms with Crippen LogP contribution < -0.4 is 4.90 Å². The van der Waals surface area contributed by atoms with E-state index in [2.05, 4.69) is 179 Å². The molecule has 2 heterocycles. The first-order valence-electron chi connectivity index (χ1n) is 16.7. The second kappa shape index (κ2) is 11.0. The molecule has 3 heteroatoms. The molecule has 10 aromatic rings. The van der Waals surface area contributed by atoms with Crippen molar-refractivity contribution in [3.05, 3.63) is 182 Å². The zero-order valence-electron chi connectivity index (χ0n) is 26.6. The molecule has 0 saturated heterocycles. The molecular weight excluding hydrogens is 597 g/mol. The third-order valence-electron chi connectivity index (χ3n) is 9.74. The summed E-state index contributed by atoms with van der Waals surface area (Å²) >= 11 is 0. The second-order valence-electron chi connectivity index (χ2n) is 12.6. The Bertz CT molecular complexity index is 2830. The highest BCUT2D eigenvalue weighted by Crippen LogP contribution is 2.46. The van der Waals surface area contributed by atoms with Crippen LogP contribution in [0.4, 0.5) is 17.1 Å². The number of benzene rings is 8. The topological polar surface area (TPSA) is 21.3 Å². The summed E-state index contributed by atoms with van der Waals surface area (Å²) in [7, 11) is 0. The van der Waals surface area contributed by atoms with E-state index in [1.54, 1.807) is 0 Å². The Balaban J connectivity index is 1.31. The van der Waals surface area contributed by atoms with E-state index in [-0.39, 0.29) is 0 Å². The van der Waals surface area contributed by atoms with E-state index in [9.17, 15) is 0 Å². The maximum Gasteiger partial charge on any atom is 0.135 e. The van der Waals surface area contributed by atoms with Crippen molar-refractivity contribution < 1.29 is 4.42 Å². The molecule has 2 aromatic heterocycles. The third-order valence-corrected chi connectivity index (χ3v) is 9.74. The summed E-state index contributed by atoms with van der Waals surface area (Å²) in [5.74, 6) is 0. The van der Waals surface area contributed by atoms with Gasteiger partial charge in [0.15, 0.2) is 0 Å². The lowest BCUT2D eigenvalue weighted by atomic mass is 10.0. The number of para-hydroxylation sites is 3. The molecule has 230 valence electrons. The number of hydrogen-bond acceptors (Lipinski definition) is 2. The Morgan fingerprint density at radius 3 is 1.86 bits per heavy atom. The number of rotatable bonds is 5. The van der Waals surface area contributed by atoms with Gasteiger partial charge in [-0.2, -0.15) is 0 Å². The van der Waals surface area contributed by atoms with Crippen LogP contribution in [0.5, 0.6) is 0 Å². The lowest BCUT2D eigenvalue weighted by Gasteiger charge is -2.28. The van der Waals surface area contributed by atoms with E-state index in [0.29, 0.717) is 0 Å². The number of hydrogen-bond donors (Lipinski definition) is 0. The molecule has 49 heavy (non-hydrogen) atoms. The van der Waals surface area contributed by atoms with E-state index in [1.807, 2.05) is 12.1 Å². The van der Waals surface area contributed by atoms with Crippen molar-refractivity contribution in [2.24, 2.45) is 0 Å². The Labute approximate surface area is 283 Å². The van der Waals surface area contributed by atoms with E-state index in [4.69, 9.17) is 4.42 Å². The largest absolute Gasteiger partial charge is 0.456 e. The van der Waals surface area contributed by atoms with E-state index >= 15 is 0 Å². The predicted molar refractivity (Wildman–Crippen MR) is 206 cm³/mol. The van der Waals surface area contributed by atoms with E-state index in [1.165, 1.54) is 43.7 Å². The normalized spacial score (nSPS) is 11.7. The van der Waals surface area contributed by atoms with E-state index in [0.717, 1.165) is 44.7 Å².